The minimum Gasteiger partial charge on any atom is -0.465 e. The van der Waals surface area contributed by atoms with Gasteiger partial charge in [-0.25, -0.2) is 0 Å². The van der Waals surface area contributed by atoms with Crippen molar-refractivity contribution in [3.05, 3.63) is 21.8 Å². The zero-order chi connectivity index (χ0) is 16.8. The fourth-order valence-corrected chi connectivity index (χ4v) is 3.48. The largest absolute Gasteiger partial charge is 0.465 e. The third-order valence-electron chi connectivity index (χ3n) is 2.90. The van der Waals surface area contributed by atoms with Crippen LogP contribution in [0.2, 0.25) is 0 Å². The van der Waals surface area contributed by atoms with Gasteiger partial charge in [0.25, 0.3) is 0 Å². The van der Waals surface area contributed by atoms with Crippen LogP contribution in [0.15, 0.2) is 20.4 Å². The highest BCUT2D eigenvalue weighted by Crippen LogP contribution is 2.27. The minimum atomic E-state index is -0.241. The number of esters is 1. The van der Waals surface area contributed by atoms with Crippen LogP contribution in [0.1, 0.15) is 26.7 Å². The second-order valence-electron chi connectivity index (χ2n) is 5.51. The lowest BCUT2D eigenvalue weighted by Crippen LogP contribution is -2.33. The SMILES string of the molecule is CCOC(=O)CN(Cc1nc(-c2cc(Br)cs2)no1)CC(C)C. The van der Waals surface area contributed by atoms with E-state index in [9.17, 15) is 4.79 Å². The minimum absolute atomic E-state index is 0.217. The van der Waals surface area contributed by atoms with Crippen LogP contribution in [-0.4, -0.2) is 40.7 Å². The van der Waals surface area contributed by atoms with Crippen LogP contribution in [0.5, 0.6) is 0 Å². The summed E-state index contributed by atoms with van der Waals surface area (Å²) in [6.07, 6.45) is 0. The van der Waals surface area contributed by atoms with E-state index in [1.54, 1.807) is 18.3 Å². The number of aromatic nitrogens is 2. The Kier molecular flexibility index (Phi) is 6.73. The molecule has 6 nitrogen and oxygen atoms in total. The molecule has 8 heteroatoms. The number of hydrogen-bond donors (Lipinski definition) is 0. The maximum atomic E-state index is 11.7. The highest BCUT2D eigenvalue weighted by Gasteiger charge is 2.18. The molecule has 23 heavy (non-hydrogen) atoms. The number of carbonyl (C=O) groups is 1. The molecule has 0 aliphatic carbocycles. The van der Waals surface area contributed by atoms with Crippen molar-refractivity contribution in [3.8, 4) is 10.7 Å². The van der Waals surface area contributed by atoms with E-state index in [-0.39, 0.29) is 12.5 Å². The molecular formula is C15H20BrN3O3S. The van der Waals surface area contributed by atoms with E-state index in [1.807, 2.05) is 16.3 Å². The molecule has 0 spiro atoms. The molecule has 0 saturated heterocycles. The Bertz CT molecular complexity index is 641. The molecule has 0 saturated carbocycles. The van der Waals surface area contributed by atoms with Crippen molar-refractivity contribution in [3.63, 3.8) is 0 Å². The van der Waals surface area contributed by atoms with Crippen molar-refractivity contribution in [2.75, 3.05) is 19.7 Å². The normalized spacial score (nSPS) is 11.4. The molecule has 0 unspecified atom stereocenters. The lowest BCUT2D eigenvalue weighted by atomic mass is 10.2. The van der Waals surface area contributed by atoms with Gasteiger partial charge in [0.05, 0.1) is 24.6 Å². The highest BCUT2D eigenvalue weighted by atomic mass is 79.9. The Balaban J connectivity index is 2.04. The summed E-state index contributed by atoms with van der Waals surface area (Å²) in [6, 6.07) is 1.95. The van der Waals surface area contributed by atoms with Gasteiger partial charge in [-0.2, -0.15) is 4.98 Å². The maximum absolute atomic E-state index is 11.7. The summed E-state index contributed by atoms with van der Waals surface area (Å²) < 4.78 is 11.3. The monoisotopic (exact) mass is 401 g/mol. The van der Waals surface area contributed by atoms with E-state index >= 15 is 0 Å². The van der Waals surface area contributed by atoms with Gasteiger partial charge < -0.3 is 9.26 Å². The molecule has 0 aliphatic rings. The summed E-state index contributed by atoms with van der Waals surface area (Å²) in [4.78, 5) is 19.0. The molecule has 0 amide bonds. The smallest absolute Gasteiger partial charge is 0.320 e. The Morgan fingerprint density at radius 3 is 2.91 bits per heavy atom. The molecule has 126 valence electrons. The average molecular weight is 402 g/mol. The number of carbonyl (C=O) groups excluding carboxylic acids is 1. The Labute approximate surface area is 148 Å². The van der Waals surface area contributed by atoms with Crippen molar-refractivity contribution in [1.82, 2.24) is 15.0 Å². The van der Waals surface area contributed by atoms with Gasteiger partial charge in [-0.05, 0) is 34.8 Å². The lowest BCUT2D eigenvalue weighted by molar-refractivity contribution is -0.144. The first-order valence-electron chi connectivity index (χ1n) is 7.43. The van der Waals surface area contributed by atoms with Gasteiger partial charge >= 0.3 is 5.97 Å². The summed E-state index contributed by atoms with van der Waals surface area (Å²) >= 11 is 4.95. The van der Waals surface area contributed by atoms with E-state index in [0.717, 1.165) is 15.9 Å². The molecule has 0 aromatic carbocycles. The molecule has 2 rings (SSSR count). The summed E-state index contributed by atoms with van der Waals surface area (Å²) in [5, 5.41) is 5.98. The van der Waals surface area contributed by atoms with Gasteiger partial charge in [-0.15, -0.1) is 11.3 Å². The van der Waals surface area contributed by atoms with Gasteiger partial charge in [0.2, 0.25) is 11.7 Å². The highest BCUT2D eigenvalue weighted by molar-refractivity contribution is 9.10. The first kappa shape index (κ1) is 18.1. The van der Waals surface area contributed by atoms with Gasteiger partial charge in [0.15, 0.2) is 0 Å². The maximum Gasteiger partial charge on any atom is 0.320 e. The van der Waals surface area contributed by atoms with Crippen LogP contribution in [-0.2, 0) is 16.1 Å². The van der Waals surface area contributed by atoms with Crippen molar-refractivity contribution in [2.45, 2.75) is 27.3 Å². The molecule has 0 atom stereocenters. The standard InChI is InChI=1S/C15H20BrN3O3S/c1-4-21-14(20)8-19(6-10(2)3)7-13-17-15(18-22-13)12-5-11(16)9-23-12/h5,9-10H,4,6-8H2,1-3H3. The van der Waals surface area contributed by atoms with Crippen LogP contribution in [0.4, 0.5) is 0 Å². The molecule has 2 aromatic rings. The summed E-state index contributed by atoms with van der Waals surface area (Å²) in [5.74, 6) is 1.24. The Morgan fingerprint density at radius 1 is 1.52 bits per heavy atom. The van der Waals surface area contributed by atoms with Crippen molar-refractivity contribution >= 4 is 33.2 Å². The van der Waals surface area contributed by atoms with Crippen molar-refractivity contribution in [2.24, 2.45) is 5.92 Å². The molecule has 0 bridgehead atoms. The summed E-state index contributed by atoms with van der Waals surface area (Å²) in [5.41, 5.74) is 0. The molecule has 0 N–H and O–H groups in total. The predicted octanol–water partition coefficient (Wildman–Crippen LogP) is 3.58. The molecule has 0 aliphatic heterocycles. The van der Waals surface area contributed by atoms with Crippen LogP contribution < -0.4 is 0 Å². The fraction of sp³-hybridized carbons (Fsp3) is 0.533. The predicted molar refractivity (Wildman–Crippen MR) is 92.1 cm³/mol. The summed E-state index contributed by atoms with van der Waals surface area (Å²) in [7, 11) is 0. The first-order chi connectivity index (χ1) is 11.0. The third-order valence-corrected chi connectivity index (χ3v) is 4.58. The Morgan fingerprint density at radius 2 is 2.30 bits per heavy atom. The van der Waals surface area contributed by atoms with Gasteiger partial charge in [0.1, 0.15) is 0 Å². The summed E-state index contributed by atoms with van der Waals surface area (Å²) in [6.45, 7) is 7.77. The number of hydrogen-bond acceptors (Lipinski definition) is 7. The number of ether oxygens (including phenoxy) is 1. The van der Waals surface area contributed by atoms with Crippen molar-refractivity contribution < 1.29 is 14.1 Å². The third kappa shape index (κ3) is 5.71. The molecule has 0 radical (unpaired) electrons. The average Bonchev–Trinajstić information content (AvgIpc) is 3.07. The molecule has 2 heterocycles. The van der Waals surface area contributed by atoms with E-state index in [0.29, 0.717) is 30.8 Å². The Hall–Kier alpha value is -1.25. The zero-order valence-corrected chi connectivity index (χ0v) is 15.8. The number of thiophene rings is 1. The molecule has 0 fully saturated rings. The van der Waals surface area contributed by atoms with Crippen LogP contribution >= 0.6 is 27.3 Å². The first-order valence-corrected chi connectivity index (χ1v) is 9.10. The van der Waals surface area contributed by atoms with Crippen LogP contribution in [0, 0.1) is 5.92 Å². The van der Waals surface area contributed by atoms with Crippen molar-refractivity contribution in [1.29, 1.82) is 0 Å². The van der Waals surface area contributed by atoms with E-state index in [4.69, 9.17) is 9.26 Å². The van der Waals surface area contributed by atoms with Gasteiger partial charge in [-0.3, -0.25) is 9.69 Å². The number of rotatable bonds is 8. The van der Waals surface area contributed by atoms with E-state index in [1.165, 1.54) is 0 Å². The van der Waals surface area contributed by atoms with Crippen LogP contribution in [0.3, 0.4) is 0 Å². The second kappa shape index (κ2) is 8.56. The van der Waals surface area contributed by atoms with Gasteiger partial charge in [0, 0.05) is 16.4 Å². The topological polar surface area (TPSA) is 68.5 Å². The quantitative estimate of drug-likeness (QED) is 0.629. The second-order valence-corrected chi connectivity index (χ2v) is 7.34. The fourth-order valence-electron chi connectivity index (χ4n) is 2.13. The number of halogens is 1. The molecular weight excluding hydrogens is 382 g/mol. The van der Waals surface area contributed by atoms with Crippen LogP contribution in [0.25, 0.3) is 10.7 Å². The lowest BCUT2D eigenvalue weighted by Gasteiger charge is -2.21. The zero-order valence-electron chi connectivity index (χ0n) is 13.4. The van der Waals surface area contributed by atoms with E-state index < -0.39 is 0 Å². The van der Waals surface area contributed by atoms with Gasteiger partial charge in [-0.1, -0.05) is 19.0 Å². The van der Waals surface area contributed by atoms with E-state index in [2.05, 4.69) is 39.9 Å². The molecule has 2 aromatic heterocycles. The number of nitrogens with zero attached hydrogens (tertiary/aromatic N) is 3.